The minimum atomic E-state index is -0.418. The molecule has 1 atom stereocenters. The van der Waals surface area contributed by atoms with Gasteiger partial charge in [0.2, 0.25) is 0 Å². The molecule has 114 valence electrons. The van der Waals surface area contributed by atoms with Crippen molar-refractivity contribution in [3.8, 4) is 5.75 Å². The number of phenolic OH excluding ortho intramolecular Hbond substituents is 1. The summed E-state index contributed by atoms with van der Waals surface area (Å²) < 4.78 is 5.39. The molecule has 3 rings (SSSR count). The van der Waals surface area contributed by atoms with E-state index in [2.05, 4.69) is 6.92 Å². The fourth-order valence-corrected chi connectivity index (χ4v) is 2.81. The maximum Gasteiger partial charge on any atom is 0.414 e. The molecule has 1 unspecified atom stereocenters. The Balaban J connectivity index is 1.78. The van der Waals surface area contributed by atoms with Crippen molar-refractivity contribution < 1.29 is 14.6 Å². The fourth-order valence-electron chi connectivity index (χ4n) is 2.81. The number of carbonyl (C=O) groups is 1. The number of hydrogen-bond donors (Lipinski definition) is 1. The van der Waals surface area contributed by atoms with Crippen molar-refractivity contribution in [2.24, 2.45) is 0 Å². The van der Waals surface area contributed by atoms with Gasteiger partial charge in [-0.05, 0) is 29.5 Å². The fraction of sp³-hybridized carbons (Fsp3) is 0.278. The van der Waals surface area contributed by atoms with E-state index >= 15 is 0 Å². The summed E-state index contributed by atoms with van der Waals surface area (Å²) >= 11 is 0. The Bertz CT molecular complexity index is 669. The summed E-state index contributed by atoms with van der Waals surface area (Å²) in [5, 5.41) is 10.1. The Morgan fingerprint density at radius 1 is 1.23 bits per heavy atom. The number of amides is 1. The van der Waals surface area contributed by atoms with Gasteiger partial charge in [-0.25, -0.2) is 4.79 Å². The summed E-state index contributed by atoms with van der Waals surface area (Å²) in [6.07, 6.45) is 0.440. The van der Waals surface area contributed by atoms with E-state index in [0.717, 1.165) is 17.5 Å². The molecule has 1 aliphatic rings. The Morgan fingerprint density at radius 2 is 2.00 bits per heavy atom. The van der Waals surface area contributed by atoms with Gasteiger partial charge in [0.1, 0.15) is 12.4 Å². The number of para-hydroxylation sites is 1. The predicted octanol–water partition coefficient (Wildman–Crippen LogP) is 4.04. The lowest BCUT2D eigenvalue weighted by Crippen LogP contribution is -2.36. The van der Waals surface area contributed by atoms with Gasteiger partial charge in [0.05, 0.1) is 5.69 Å². The van der Waals surface area contributed by atoms with Crippen molar-refractivity contribution >= 4 is 11.8 Å². The summed E-state index contributed by atoms with van der Waals surface area (Å²) in [7, 11) is 0. The first-order chi connectivity index (χ1) is 10.7. The van der Waals surface area contributed by atoms with E-state index in [1.165, 1.54) is 4.90 Å². The average molecular weight is 297 g/mol. The summed E-state index contributed by atoms with van der Waals surface area (Å²) in [5.41, 5.74) is 2.51. The molecule has 1 heterocycles. The van der Waals surface area contributed by atoms with E-state index in [1.54, 1.807) is 6.07 Å². The second-order valence-corrected chi connectivity index (χ2v) is 5.60. The molecule has 4 heteroatoms. The van der Waals surface area contributed by atoms with E-state index in [4.69, 9.17) is 4.74 Å². The lowest BCUT2D eigenvalue weighted by molar-refractivity contribution is 0.146. The lowest BCUT2D eigenvalue weighted by atomic mass is 9.91. The minimum Gasteiger partial charge on any atom is -0.506 e. The number of fused-ring (bicyclic) bond motifs is 1. The van der Waals surface area contributed by atoms with Crippen LogP contribution >= 0.6 is 0 Å². The SMILES string of the molecule is CC1CCN(C(=O)OCc2ccccc2)c2c(O)cccc21. The molecule has 0 bridgehead atoms. The topological polar surface area (TPSA) is 49.8 Å². The number of phenols is 1. The third-order valence-corrected chi connectivity index (χ3v) is 4.06. The van der Waals surface area contributed by atoms with Crippen molar-refractivity contribution in [3.63, 3.8) is 0 Å². The summed E-state index contributed by atoms with van der Waals surface area (Å²) in [6.45, 7) is 2.89. The molecule has 1 N–H and O–H groups in total. The summed E-state index contributed by atoms with van der Waals surface area (Å²) in [4.78, 5) is 13.9. The van der Waals surface area contributed by atoms with Crippen LogP contribution in [0.5, 0.6) is 5.75 Å². The number of ether oxygens (including phenoxy) is 1. The van der Waals surface area contributed by atoms with Crippen LogP contribution in [0.4, 0.5) is 10.5 Å². The molecule has 1 amide bonds. The molecule has 0 saturated carbocycles. The van der Waals surface area contributed by atoms with Crippen LogP contribution in [-0.4, -0.2) is 17.7 Å². The zero-order valence-electron chi connectivity index (χ0n) is 12.5. The minimum absolute atomic E-state index is 0.126. The molecule has 0 aromatic heterocycles. The quantitative estimate of drug-likeness (QED) is 0.910. The highest BCUT2D eigenvalue weighted by atomic mass is 16.6. The molecule has 22 heavy (non-hydrogen) atoms. The molecule has 2 aromatic rings. The number of nitrogens with zero attached hydrogens (tertiary/aromatic N) is 1. The second kappa shape index (κ2) is 6.10. The van der Waals surface area contributed by atoms with Crippen molar-refractivity contribution in [3.05, 3.63) is 59.7 Å². The van der Waals surface area contributed by atoms with Gasteiger partial charge in [0, 0.05) is 6.54 Å². The van der Waals surface area contributed by atoms with Gasteiger partial charge in [-0.2, -0.15) is 0 Å². The lowest BCUT2D eigenvalue weighted by Gasteiger charge is -2.32. The third-order valence-electron chi connectivity index (χ3n) is 4.06. The smallest absolute Gasteiger partial charge is 0.414 e. The molecule has 0 saturated heterocycles. The first-order valence-corrected chi connectivity index (χ1v) is 7.47. The maximum absolute atomic E-state index is 12.4. The van der Waals surface area contributed by atoms with Crippen LogP contribution in [0.25, 0.3) is 0 Å². The van der Waals surface area contributed by atoms with E-state index in [9.17, 15) is 9.90 Å². The van der Waals surface area contributed by atoms with E-state index in [0.29, 0.717) is 18.2 Å². The maximum atomic E-state index is 12.4. The highest BCUT2D eigenvalue weighted by Gasteiger charge is 2.29. The molecule has 0 spiro atoms. The second-order valence-electron chi connectivity index (χ2n) is 5.60. The zero-order valence-corrected chi connectivity index (χ0v) is 12.5. The first-order valence-electron chi connectivity index (χ1n) is 7.47. The van der Waals surface area contributed by atoms with Gasteiger partial charge in [-0.15, -0.1) is 0 Å². The Hall–Kier alpha value is -2.49. The summed E-state index contributed by atoms with van der Waals surface area (Å²) in [6, 6.07) is 14.9. The monoisotopic (exact) mass is 297 g/mol. The molecular formula is C18H19NO3. The number of rotatable bonds is 2. The Labute approximate surface area is 130 Å². The van der Waals surface area contributed by atoms with Gasteiger partial charge < -0.3 is 9.84 Å². The first kappa shape index (κ1) is 14.4. The molecule has 4 nitrogen and oxygen atoms in total. The molecular weight excluding hydrogens is 278 g/mol. The molecule has 1 aliphatic heterocycles. The average Bonchev–Trinajstić information content (AvgIpc) is 2.55. The van der Waals surface area contributed by atoms with Crippen molar-refractivity contribution in [1.82, 2.24) is 0 Å². The van der Waals surface area contributed by atoms with Crippen LogP contribution in [0, 0.1) is 0 Å². The van der Waals surface area contributed by atoms with Crippen LogP contribution in [0.3, 0.4) is 0 Å². The number of aromatic hydroxyl groups is 1. The van der Waals surface area contributed by atoms with Gasteiger partial charge >= 0.3 is 6.09 Å². The Morgan fingerprint density at radius 3 is 2.77 bits per heavy atom. The number of anilines is 1. The Kier molecular flexibility index (Phi) is 4.00. The number of carbonyl (C=O) groups excluding carboxylic acids is 1. The molecule has 2 aromatic carbocycles. The van der Waals surface area contributed by atoms with Crippen LogP contribution in [0.1, 0.15) is 30.4 Å². The van der Waals surface area contributed by atoms with Gasteiger partial charge in [0.15, 0.2) is 0 Å². The number of hydrogen-bond acceptors (Lipinski definition) is 3. The van der Waals surface area contributed by atoms with Crippen LogP contribution in [0.15, 0.2) is 48.5 Å². The number of benzene rings is 2. The van der Waals surface area contributed by atoms with Crippen molar-refractivity contribution in [2.45, 2.75) is 25.9 Å². The van der Waals surface area contributed by atoms with Crippen LogP contribution in [-0.2, 0) is 11.3 Å². The molecule has 0 radical (unpaired) electrons. The standard InChI is InChI=1S/C18H19NO3/c1-13-10-11-19(17-15(13)8-5-9-16(17)20)18(21)22-12-14-6-3-2-4-7-14/h2-9,13,20H,10-12H2,1H3. The van der Waals surface area contributed by atoms with Crippen molar-refractivity contribution in [2.75, 3.05) is 11.4 Å². The predicted molar refractivity (Wildman–Crippen MR) is 85.1 cm³/mol. The normalized spacial score (nSPS) is 17.0. The van der Waals surface area contributed by atoms with E-state index < -0.39 is 6.09 Å². The van der Waals surface area contributed by atoms with Crippen molar-refractivity contribution in [1.29, 1.82) is 0 Å². The zero-order chi connectivity index (χ0) is 15.5. The van der Waals surface area contributed by atoms with E-state index in [1.807, 2.05) is 42.5 Å². The van der Waals surface area contributed by atoms with Crippen LogP contribution < -0.4 is 4.90 Å². The molecule has 0 aliphatic carbocycles. The third kappa shape index (κ3) is 2.77. The van der Waals surface area contributed by atoms with Gasteiger partial charge in [-0.1, -0.05) is 49.4 Å². The highest BCUT2D eigenvalue weighted by molar-refractivity contribution is 5.91. The van der Waals surface area contributed by atoms with Crippen LogP contribution in [0.2, 0.25) is 0 Å². The molecule has 0 fully saturated rings. The summed E-state index contributed by atoms with van der Waals surface area (Å²) in [5.74, 6) is 0.445. The van der Waals surface area contributed by atoms with E-state index in [-0.39, 0.29) is 12.4 Å². The van der Waals surface area contributed by atoms with Gasteiger partial charge in [-0.3, -0.25) is 4.90 Å². The largest absolute Gasteiger partial charge is 0.506 e. The highest BCUT2D eigenvalue weighted by Crippen LogP contribution is 2.41. The van der Waals surface area contributed by atoms with Gasteiger partial charge in [0.25, 0.3) is 0 Å².